The molecule has 0 N–H and O–H groups in total. The molecule has 0 saturated heterocycles. The van der Waals surface area contributed by atoms with E-state index in [0.717, 1.165) is 25.0 Å². The summed E-state index contributed by atoms with van der Waals surface area (Å²) < 4.78 is 9.85. The first kappa shape index (κ1) is 71.8. The molecule has 82 heavy (non-hydrogen) atoms. The zero-order valence-electron chi connectivity index (χ0n) is 45.4. The fraction of sp³-hybridized carbons (Fsp3) is 0.0938. The number of carbonyl (C=O) groups is 4. The molecule has 0 aliphatic rings. The van der Waals surface area contributed by atoms with Crippen molar-refractivity contribution in [2.24, 2.45) is 9.98 Å². The molecule has 0 fully saturated rings. The molecule has 2 amide bonds. The number of ether oxygens (including phenoxy) is 2. The number of nitrogens with zero attached hydrogens (tertiary/aromatic N) is 4. The van der Waals surface area contributed by atoms with Crippen LogP contribution in [-0.2, 0) is 9.59 Å². The Bertz CT molecular complexity index is 3070. The molecular weight excluding hydrogens is 1330 g/mol. The third kappa shape index (κ3) is 26.9. The van der Waals surface area contributed by atoms with Gasteiger partial charge in [-0.1, -0.05) is 217 Å². The quantitative estimate of drug-likeness (QED) is 0.0346. The number of amides is 2. The molecule has 0 bridgehead atoms. The second-order valence-corrected chi connectivity index (χ2v) is 16.6. The van der Waals surface area contributed by atoms with Crippen LogP contribution in [0.4, 0.5) is 11.4 Å². The van der Waals surface area contributed by atoms with Crippen LogP contribution in [0.3, 0.4) is 0 Å². The first-order chi connectivity index (χ1) is 38.5. The molecule has 0 spiro atoms. The predicted octanol–water partition coefficient (Wildman–Crippen LogP) is 7.14. The fourth-order valence-corrected chi connectivity index (χ4v) is 5.98. The first-order valence-corrected chi connectivity index (χ1v) is 24.1. The molecule has 0 aliphatic carbocycles. The van der Waals surface area contributed by atoms with Crippen molar-refractivity contribution in [2.75, 3.05) is 42.4 Å². The number of hydrogen-bond donors (Lipinski definition) is 0. The number of ketones is 2. The zero-order valence-corrected chi connectivity index (χ0v) is 49.7. The average molecular weight is 1390 g/mol. The summed E-state index contributed by atoms with van der Waals surface area (Å²) in [5.41, 5.74) is 3.48. The molecule has 0 heterocycles. The Balaban J connectivity index is 0.000000513. The summed E-state index contributed by atoms with van der Waals surface area (Å²) in [7, 11) is 9.62. The van der Waals surface area contributed by atoms with Crippen LogP contribution in [0.1, 0.15) is 43.0 Å². The second kappa shape index (κ2) is 40.9. The van der Waals surface area contributed by atoms with Crippen molar-refractivity contribution < 1.29 is 137 Å². The van der Waals surface area contributed by atoms with Gasteiger partial charge in [-0.2, -0.15) is 0 Å². The Morgan fingerprint density at radius 3 is 0.939 bits per heavy atom. The smallest absolute Gasteiger partial charge is 0.872 e. The topological polar surface area (TPSA) is 256 Å². The largest absolute Gasteiger partial charge is 3.00 e. The molecule has 0 aliphatic heterocycles. The summed E-state index contributed by atoms with van der Waals surface area (Å²) in [5.74, 6) is -1.38. The van der Waals surface area contributed by atoms with Gasteiger partial charge in [0.05, 0.1) is 25.6 Å². The van der Waals surface area contributed by atoms with Gasteiger partial charge in [0, 0.05) is 51.7 Å². The Hall–Kier alpha value is -8.17. The van der Waals surface area contributed by atoms with Crippen molar-refractivity contribution in [1.29, 1.82) is 0 Å². The maximum Gasteiger partial charge on any atom is 3.00 e. The van der Waals surface area contributed by atoms with Gasteiger partial charge in [-0.3, -0.25) is 29.2 Å². The molecule has 0 radical (unpaired) electrons. The Labute approximate surface area is 539 Å². The van der Waals surface area contributed by atoms with Crippen LogP contribution < -0.4 is 40.1 Å². The monoisotopic (exact) mass is 1390 g/mol. The van der Waals surface area contributed by atoms with Gasteiger partial charge in [0.15, 0.2) is 11.6 Å². The van der Waals surface area contributed by atoms with E-state index >= 15 is 0 Å². The van der Waals surface area contributed by atoms with Crippen molar-refractivity contribution in [3.63, 3.8) is 0 Å². The molecular formula is C64H58N4O12Tb2. The fourth-order valence-electron chi connectivity index (χ4n) is 5.98. The number of benzene rings is 8. The summed E-state index contributed by atoms with van der Waals surface area (Å²) in [5, 5.41) is 70.0. The summed E-state index contributed by atoms with van der Waals surface area (Å²) in [6.07, 6.45) is 6.51. The van der Waals surface area contributed by atoms with Gasteiger partial charge in [-0.15, -0.1) is 0 Å². The molecule has 8 aromatic rings. The normalized spacial score (nSPS) is 10.2. The van der Waals surface area contributed by atoms with Crippen LogP contribution in [0, 0.1) is 77.2 Å². The van der Waals surface area contributed by atoms with Gasteiger partial charge >= 0.3 is 77.2 Å². The van der Waals surface area contributed by atoms with E-state index in [9.17, 15) is 49.8 Å². The van der Waals surface area contributed by atoms with Crippen LogP contribution in [0.5, 0.6) is 34.5 Å². The molecule has 0 unspecified atom stereocenters. The number of allylic oxidation sites excluding steroid dienone is 2. The Morgan fingerprint density at radius 2 is 0.671 bits per heavy atom. The van der Waals surface area contributed by atoms with Crippen molar-refractivity contribution in [1.82, 2.24) is 9.80 Å². The van der Waals surface area contributed by atoms with E-state index in [1.807, 2.05) is 24.3 Å². The number of rotatable bonds is 14. The van der Waals surface area contributed by atoms with E-state index in [2.05, 4.69) is 9.98 Å². The van der Waals surface area contributed by atoms with Gasteiger partial charge in [0.2, 0.25) is 12.8 Å². The molecule has 8 aromatic carbocycles. The number of methoxy groups -OCH3 is 2. The van der Waals surface area contributed by atoms with E-state index < -0.39 is 0 Å². The molecule has 424 valence electrons. The summed E-state index contributed by atoms with van der Waals surface area (Å²) in [6.45, 7) is 0. The minimum Gasteiger partial charge on any atom is -0.872 e. The number of carbonyl (C=O) groups excluding carboxylic acids is 4. The van der Waals surface area contributed by atoms with Crippen LogP contribution >= 0.6 is 0 Å². The molecule has 8 rings (SSSR count). The van der Waals surface area contributed by atoms with Crippen LogP contribution in [-0.4, -0.2) is 89.0 Å². The summed E-state index contributed by atoms with van der Waals surface area (Å²) in [6, 6.07) is 57.6. The van der Waals surface area contributed by atoms with Crippen molar-refractivity contribution in [3.05, 3.63) is 252 Å². The summed E-state index contributed by atoms with van der Waals surface area (Å²) in [4.78, 5) is 53.3. The van der Waals surface area contributed by atoms with Gasteiger partial charge < -0.3 is 49.9 Å². The van der Waals surface area contributed by atoms with Gasteiger partial charge in [0.1, 0.15) is 11.5 Å². The molecule has 0 saturated carbocycles. The van der Waals surface area contributed by atoms with Gasteiger partial charge in [-0.25, -0.2) is 0 Å². The third-order valence-corrected chi connectivity index (χ3v) is 10.1. The van der Waals surface area contributed by atoms with E-state index in [0.29, 0.717) is 44.8 Å². The first-order valence-electron chi connectivity index (χ1n) is 24.1. The summed E-state index contributed by atoms with van der Waals surface area (Å²) >= 11 is 0. The third-order valence-electron chi connectivity index (χ3n) is 10.1. The van der Waals surface area contributed by atoms with Crippen LogP contribution in [0.2, 0.25) is 0 Å². The average Bonchev–Trinajstić information content (AvgIpc) is 3.49. The van der Waals surface area contributed by atoms with Gasteiger partial charge in [-0.05, 0) is 58.7 Å². The van der Waals surface area contributed by atoms with Crippen molar-refractivity contribution >= 4 is 59.7 Å². The van der Waals surface area contributed by atoms with E-state index in [1.54, 1.807) is 198 Å². The standard InChI is InChI=1S/2C15H12O2.2C14H13NO3.2C3H7NO.2Tb/c2*16-14(12-7-3-1-4-8-12)11-15(17)13-9-5-2-6-10-13;2*1-18-13-8-4-5-10(14(13)17)9-15-11-6-2-3-7-12(11)16;2*1-4(2)3-5;;/h2*1-11,16H;2*2-9,16-17H,1H3;2*3H,1-2H3;;/q;;;;;;2*+3/p-6/b2*14-11-;;;;;;. The molecule has 0 atom stereocenters. The maximum absolute atomic E-state index is 11.8. The van der Waals surface area contributed by atoms with E-state index in [4.69, 9.17) is 9.47 Å². The van der Waals surface area contributed by atoms with Gasteiger partial charge in [0.25, 0.3) is 0 Å². The number of aliphatic imine (C=N–C) groups is 2. The second-order valence-electron chi connectivity index (χ2n) is 16.6. The molecule has 18 heteroatoms. The minimum atomic E-state index is -0.264. The van der Waals surface area contributed by atoms with Crippen LogP contribution in [0.15, 0.2) is 228 Å². The molecule has 0 aromatic heterocycles. The Kier molecular flexibility index (Phi) is 35.9. The van der Waals surface area contributed by atoms with Crippen molar-refractivity contribution in [3.8, 4) is 34.5 Å². The van der Waals surface area contributed by atoms with Crippen LogP contribution in [0.25, 0.3) is 11.5 Å². The predicted molar refractivity (Wildman–Crippen MR) is 301 cm³/mol. The van der Waals surface area contributed by atoms with E-state index in [-0.39, 0.29) is 135 Å². The SMILES string of the molecule is CN(C)C=O.CN(C)C=O.COc1cccc(C=Nc2ccccc2[O-])c1[O-].COc1cccc(C=Nc2ccccc2[O-])c1[O-].O=C(/C=C(\[O-])c1ccccc1)c1ccccc1.O=C(/C=C(\[O-])c1ccccc1)c1ccccc1.[Tb+3].[Tb+3]. The maximum atomic E-state index is 11.8. The van der Waals surface area contributed by atoms with Crippen molar-refractivity contribution in [2.45, 2.75) is 0 Å². The number of hydrogen-bond acceptors (Lipinski definition) is 14. The zero-order chi connectivity index (χ0) is 58.7. The Morgan fingerprint density at radius 1 is 0.402 bits per heavy atom. The van der Waals surface area contributed by atoms with E-state index in [1.165, 1.54) is 48.6 Å². The number of para-hydroxylation sites is 6. The minimum absolute atomic E-state index is 0. The molecule has 16 nitrogen and oxygen atoms in total.